The molecule has 0 amide bonds. The van der Waals surface area contributed by atoms with Gasteiger partial charge in [-0.15, -0.1) is 0 Å². The third-order valence-electron chi connectivity index (χ3n) is 3.51. The predicted octanol–water partition coefficient (Wildman–Crippen LogP) is 3.09. The Morgan fingerprint density at radius 3 is 3.13 bits per heavy atom. The smallest absolute Gasteiger partial charge is 0.345 e. The van der Waals surface area contributed by atoms with E-state index in [0.717, 1.165) is 6.42 Å². The summed E-state index contributed by atoms with van der Waals surface area (Å²) in [6.07, 6.45) is 1.87. The number of rotatable bonds is 3. The summed E-state index contributed by atoms with van der Waals surface area (Å²) in [5, 5.41) is 4.56. The largest absolute Gasteiger partial charge is 0.474 e. The van der Waals surface area contributed by atoms with Gasteiger partial charge in [0.15, 0.2) is 0 Å². The fourth-order valence-electron chi connectivity index (χ4n) is 2.44. The minimum absolute atomic E-state index is 0.0405. The molecule has 23 heavy (non-hydrogen) atoms. The Morgan fingerprint density at radius 2 is 2.39 bits per heavy atom. The summed E-state index contributed by atoms with van der Waals surface area (Å²) in [5.41, 5.74) is 0.264. The summed E-state index contributed by atoms with van der Waals surface area (Å²) in [6, 6.07) is 1.38. The van der Waals surface area contributed by atoms with Gasteiger partial charge in [0.2, 0.25) is 11.8 Å². The van der Waals surface area contributed by atoms with Crippen LogP contribution in [0.1, 0.15) is 30.6 Å². The van der Waals surface area contributed by atoms with Gasteiger partial charge in [0.05, 0.1) is 23.3 Å². The quantitative estimate of drug-likeness (QED) is 0.635. The molecular formula is C15H15ClFN3O3. The molecule has 0 aliphatic carbocycles. The Labute approximate surface area is 137 Å². The molecule has 0 bridgehead atoms. The number of pyridine rings is 1. The number of halogens is 2. The average Bonchev–Trinajstić information content (AvgIpc) is 2.88. The number of hydrogen-bond donors (Lipinski definition) is 0. The zero-order chi connectivity index (χ0) is 16.6. The van der Waals surface area contributed by atoms with Gasteiger partial charge < -0.3 is 9.47 Å². The average molecular weight is 340 g/mol. The molecule has 1 atom stereocenters. The topological polar surface area (TPSA) is 66.2 Å². The molecule has 1 aliphatic rings. The van der Waals surface area contributed by atoms with E-state index >= 15 is 0 Å². The van der Waals surface area contributed by atoms with Crippen LogP contribution in [-0.2, 0) is 11.3 Å². The zero-order valence-electron chi connectivity index (χ0n) is 12.7. The number of hydrogen-bond acceptors (Lipinski definition) is 5. The van der Waals surface area contributed by atoms with E-state index in [1.54, 1.807) is 11.6 Å². The monoisotopic (exact) mass is 339 g/mol. The van der Waals surface area contributed by atoms with Crippen molar-refractivity contribution in [3.05, 3.63) is 28.8 Å². The molecule has 122 valence electrons. The highest BCUT2D eigenvalue weighted by atomic mass is 35.5. The molecule has 1 aliphatic heterocycles. The van der Waals surface area contributed by atoms with Gasteiger partial charge >= 0.3 is 5.97 Å². The van der Waals surface area contributed by atoms with E-state index in [1.165, 1.54) is 12.3 Å². The molecule has 3 rings (SSSR count). The Bertz CT molecular complexity index is 763. The second-order valence-corrected chi connectivity index (χ2v) is 5.62. The van der Waals surface area contributed by atoms with E-state index in [1.807, 2.05) is 6.92 Å². The molecule has 0 spiro atoms. The second-order valence-electron chi connectivity index (χ2n) is 5.18. The normalized spacial score (nSPS) is 16.6. The Balaban J connectivity index is 2.20. The number of esters is 1. The first-order valence-corrected chi connectivity index (χ1v) is 7.65. The third kappa shape index (κ3) is 2.88. The van der Waals surface area contributed by atoms with Crippen molar-refractivity contribution in [1.29, 1.82) is 0 Å². The third-order valence-corrected chi connectivity index (χ3v) is 3.71. The fourth-order valence-corrected chi connectivity index (χ4v) is 2.59. The minimum Gasteiger partial charge on any atom is -0.474 e. The van der Waals surface area contributed by atoms with Crippen LogP contribution in [0.5, 0.6) is 5.88 Å². The van der Waals surface area contributed by atoms with Crippen LogP contribution in [0.25, 0.3) is 11.3 Å². The van der Waals surface area contributed by atoms with E-state index in [2.05, 4.69) is 10.1 Å². The highest BCUT2D eigenvalue weighted by Gasteiger charge is 2.32. The van der Waals surface area contributed by atoms with Gasteiger partial charge in [-0.2, -0.15) is 9.49 Å². The summed E-state index contributed by atoms with van der Waals surface area (Å²) < 4.78 is 26.5. The van der Waals surface area contributed by atoms with Crippen molar-refractivity contribution in [2.45, 2.75) is 32.9 Å². The SMILES string of the molecule is CCOC(=O)c1c(-c2cc(Cl)cnc2F)nn2c1O[C@H](C)CC2. The molecule has 0 unspecified atom stereocenters. The molecule has 0 N–H and O–H groups in total. The number of carbonyl (C=O) groups is 1. The van der Waals surface area contributed by atoms with Crippen molar-refractivity contribution in [3.8, 4) is 17.1 Å². The number of aromatic nitrogens is 3. The van der Waals surface area contributed by atoms with Crippen molar-refractivity contribution in [2.75, 3.05) is 6.61 Å². The Morgan fingerprint density at radius 1 is 1.61 bits per heavy atom. The van der Waals surface area contributed by atoms with E-state index < -0.39 is 11.9 Å². The molecule has 0 aromatic carbocycles. The summed E-state index contributed by atoms with van der Waals surface area (Å²) in [4.78, 5) is 15.9. The molecule has 0 saturated heterocycles. The first-order chi connectivity index (χ1) is 11.0. The summed E-state index contributed by atoms with van der Waals surface area (Å²) >= 11 is 5.90. The first-order valence-electron chi connectivity index (χ1n) is 7.27. The molecule has 6 nitrogen and oxygen atoms in total. The second kappa shape index (κ2) is 6.16. The Kier molecular flexibility index (Phi) is 4.21. The van der Waals surface area contributed by atoms with Crippen LogP contribution in [0.4, 0.5) is 4.39 Å². The van der Waals surface area contributed by atoms with Gasteiger partial charge in [0.1, 0.15) is 11.3 Å². The van der Waals surface area contributed by atoms with E-state index in [9.17, 15) is 9.18 Å². The minimum atomic E-state index is -0.761. The van der Waals surface area contributed by atoms with Gasteiger partial charge in [-0.3, -0.25) is 0 Å². The van der Waals surface area contributed by atoms with Gasteiger partial charge in [0, 0.05) is 19.2 Å². The van der Waals surface area contributed by atoms with Crippen LogP contribution in [0.3, 0.4) is 0 Å². The summed E-state index contributed by atoms with van der Waals surface area (Å²) in [5.74, 6) is -1.09. The molecule has 0 saturated carbocycles. The van der Waals surface area contributed by atoms with E-state index in [4.69, 9.17) is 21.1 Å². The molecule has 0 fully saturated rings. The van der Waals surface area contributed by atoms with Crippen molar-refractivity contribution in [1.82, 2.24) is 14.8 Å². The maximum absolute atomic E-state index is 14.1. The van der Waals surface area contributed by atoms with Crippen LogP contribution in [0.15, 0.2) is 12.3 Å². The number of carbonyl (C=O) groups excluding carboxylic acids is 1. The molecule has 3 heterocycles. The van der Waals surface area contributed by atoms with Gasteiger partial charge in [-0.25, -0.2) is 14.5 Å². The van der Waals surface area contributed by atoms with Crippen LogP contribution in [-0.4, -0.2) is 33.4 Å². The van der Waals surface area contributed by atoms with Crippen LogP contribution in [0.2, 0.25) is 5.02 Å². The highest BCUT2D eigenvalue weighted by molar-refractivity contribution is 6.30. The fraction of sp³-hybridized carbons (Fsp3) is 0.400. The lowest BCUT2D eigenvalue weighted by Crippen LogP contribution is -2.24. The van der Waals surface area contributed by atoms with Gasteiger partial charge in [-0.1, -0.05) is 11.6 Å². The standard InChI is InChI=1S/C15H15ClFN3O3/c1-3-22-15(21)11-12(10-6-9(16)7-18-13(10)17)19-20-5-4-8(2)23-14(11)20/h6-8H,3-5H2,1-2H3/t8-/m1/s1. The van der Waals surface area contributed by atoms with Crippen molar-refractivity contribution < 1.29 is 18.7 Å². The maximum atomic E-state index is 14.1. The van der Waals surface area contributed by atoms with Crippen molar-refractivity contribution in [2.24, 2.45) is 0 Å². The lowest BCUT2D eigenvalue weighted by Gasteiger charge is -2.21. The predicted molar refractivity (Wildman–Crippen MR) is 81.1 cm³/mol. The maximum Gasteiger partial charge on any atom is 0.345 e. The number of ether oxygens (including phenoxy) is 2. The lowest BCUT2D eigenvalue weighted by molar-refractivity contribution is 0.0515. The van der Waals surface area contributed by atoms with Crippen LogP contribution in [0, 0.1) is 5.95 Å². The summed E-state index contributed by atoms with van der Waals surface area (Å²) in [7, 11) is 0. The lowest BCUT2D eigenvalue weighted by atomic mass is 10.1. The number of nitrogens with zero attached hydrogens (tertiary/aromatic N) is 3. The van der Waals surface area contributed by atoms with Crippen molar-refractivity contribution in [3.63, 3.8) is 0 Å². The van der Waals surface area contributed by atoms with Crippen LogP contribution >= 0.6 is 11.6 Å². The van der Waals surface area contributed by atoms with Crippen LogP contribution < -0.4 is 4.74 Å². The van der Waals surface area contributed by atoms with E-state index in [-0.39, 0.29) is 40.4 Å². The van der Waals surface area contributed by atoms with Gasteiger partial charge in [-0.05, 0) is 19.9 Å². The summed E-state index contributed by atoms with van der Waals surface area (Å²) in [6.45, 7) is 4.35. The Hall–Kier alpha value is -2.15. The molecule has 2 aromatic heterocycles. The molecule has 0 radical (unpaired) electrons. The number of fused-ring (bicyclic) bond motifs is 1. The van der Waals surface area contributed by atoms with Gasteiger partial charge in [0.25, 0.3) is 0 Å². The zero-order valence-corrected chi connectivity index (χ0v) is 13.4. The van der Waals surface area contributed by atoms with Crippen molar-refractivity contribution >= 4 is 17.6 Å². The molecule has 2 aromatic rings. The first kappa shape index (κ1) is 15.7. The van der Waals surface area contributed by atoms with E-state index in [0.29, 0.717) is 6.54 Å². The number of aryl methyl sites for hydroxylation is 1. The highest BCUT2D eigenvalue weighted by Crippen LogP contribution is 2.36. The molecular weight excluding hydrogens is 325 g/mol. The molecule has 8 heteroatoms.